The van der Waals surface area contributed by atoms with Gasteiger partial charge in [0.05, 0.1) is 39.0 Å². The van der Waals surface area contributed by atoms with Crippen LogP contribution in [0.25, 0.3) is 0 Å². The predicted molar refractivity (Wildman–Crippen MR) is 94.4 cm³/mol. The molecule has 1 amide bonds. The lowest BCUT2D eigenvalue weighted by Crippen LogP contribution is -2.60. The number of piperidine rings is 1. The van der Waals surface area contributed by atoms with Gasteiger partial charge < -0.3 is 29.3 Å². The molecule has 0 saturated carbocycles. The highest BCUT2D eigenvalue weighted by Gasteiger charge is 2.48. The zero-order chi connectivity index (χ0) is 18.7. The Morgan fingerprint density at radius 3 is 2.65 bits per heavy atom. The Bertz CT molecular complexity index is 641. The summed E-state index contributed by atoms with van der Waals surface area (Å²) in [4.78, 5) is 14.5. The second-order valence-electron chi connectivity index (χ2n) is 6.95. The summed E-state index contributed by atoms with van der Waals surface area (Å²) in [7, 11) is 3.16. The van der Waals surface area contributed by atoms with E-state index in [-0.39, 0.29) is 12.3 Å². The van der Waals surface area contributed by atoms with E-state index in [1.807, 2.05) is 12.1 Å². The lowest BCUT2D eigenvalue weighted by Gasteiger charge is -2.48. The van der Waals surface area contributed by atoms with Gasteiger partial charge in [-0.25, -0.2) is 0 Å². The van der Waals surface area contributed by atoms with Gasteiger partial charge in [-0.05, 0) is 25.3 Å². The van der Waals surface area contributed by atoms with Crippen LogP contribution in [0.15, 0.2) is 18.2 Å². The molecule has 0 aromatic heterocycles. The van der Waals surface area contributed by atoms with Crippen molar-refractivity contribution in [1.29, 1.82) is 0 Å². The van der Waals surface area contributed by atoms with Crippen LogP contribution in [0.5, 0.6) is 11.5 Å². The minimum atomic E-state index is -0.893. The summed E-state index contributed by atoms with van der Waals surface area (Å²) in [5.41, 5.74) is 0.0784. The number of rotatable bonds is 4. The Hall–Kier alpha value is -1.83. The van der Waals surface area contributed by atoms with Crippen LogP contribution in [0.2, 0.25) is 0 Å². The molecule has 26 heavy (non-hydrogen) atoms. The number of aliphatic hydroxyl groups is 2. The first-order chi connectivity index (χ1) is 12.5. The number of amides is 1. The molecule has 1 aromatic carbocycles. The molecular formula is C19H27NO6. The van der Waals surface area contributed by atoms with Crippen molar-refractivity contribution in [2.75, 3.05) is 33.9 Å². The van der Waals surface area contributed by atoms with Gasteiger partial charge in [0.25, 0.3) is 0 Å². The molecule has 1 aromatic rings. The SMILES string of the molecule is COc1ccc(CC(=O)N2CCC3(CC2)OCC[C@H](O)[C@@H]3O)c(OC)c1. The number of ether oxygens (including phenoxy) is 3. The van der Waals surface area contributed by atoms with Crippen LogP contribution in [-0.2, 0) is 16.0 Å². The lowest BCUT2D eigenvalue weighted by molar-refractivity contribution is -0.214. The van der Waals surface area contributed by atoms with Crippen molar-refractivity contribution in [3.63, 3.8) is 0 Å². The zero-order valence-corrected chi connectivity index (χ0v) is 15.3. The first-order valence-electron chi connectivity index (χ1n) is 8.98. The van der Waals surface area contributed by atoms with E-state index in [1.165, 1.54) is 0 Å². The number of methoxy groups -OCH3 is 2. The molecule has 0 unspecified atom stereocenters. The minimum Gasteiger partial charge on any atom is -0.497 e. The molecule has 2 heterocycles. The van der Waals surface area contributed by atoms with Crippen molar-refractivity contribution < 1.29 is 29.2 Å². The molecule has 0 aliphatic carbocycles. The number of aliphatic hydroxyl groups excluding tert-OH is 2. The molecule has 2 aliphatic heterocycles. The van der Waals surface area contributed by atoms with Crippen LogP contribution >= 0.6 is 0 Å². The van der Waals surface area contributed by atoms with Crippen LogP contribution in [0.3, 0.4) is 0 Å². The van der Waals surface area contributed by atoms with Gasteiger partial charge in [0.2, 0.25) is 5.91 Å². The van der Waals surface area contributed by atoms with Gasteiger partial charge in [-0.15, -0.1) is 0 Å². The summed E-state index contributed by atoms with van der Waals surface area (Å²) in [6.45, 7) is 1.44. The van der Waals surface area contributed by atoms with Gasteiger partial charge in [-0.3, -0.25) is 4.79 Å². The summed E-state index contributed by atoms with van der Waals surface area (Å²) < 4.78 is 16.4. The summed E-state index contributed by atoms with van der Waals surface area (Å²) in [5.74, 6) is 1.31. The third-order valence-corrected chi connectivity index (χ3v) is 5.51. The number of benzene rings is 1. The van der Waals surface area contributed by atoms with E-state index >= 15 is 0 Å². The molecule has 7 heteroatoms. The van der Waals surface area contributed by atoms with Crippen molar-refractivity contribution in [3.8, 4) is 11.5 Å². The number of nitrogens with zero attached hydrogens (tertiary/aromatic N) is 1. The summed E-state index contributed by atoms with van der Waals surface area (Å²) in [6.07, 6.45) is 0.0902. The van der Waals surface area contributed by atoms with Crippen LogP contribution in [0, 0.1) is 0 Å². The van der Waals surface area contributed by atoms with E-state index in [0.29, 0.717) is 50.5 Å². The van der Waals surface area contributed by atoms with Crippen molar-refractivity contribution in [2.45, 2.75) is 43.5 Å². The Labute approximate surface area is 153 Å². The standard InChI is InChI=1S/C19H27NO6/c1-24-14-4-3-13(16(12-14)25-2)11-17(22)20-8-6-19(7-9-20)18(23)15(21)5-10-26-19/h3-4,12,15,18,21,23H,5-11H2,1-2H3/t15-,18-/m0/s1. The average molecular weight is 365 g/mol. The zero-order valence-electron chi connectivity index (χ0n) is 15.3. The molecule has 1 spiro atoms. The normalized spacial score (nSPS) is 25.2. The van der Waals surface area contributed by atoms with Crippen molar-refractivity contribution in [3.05, 3.63) is 23.8 Å². The van der Waals surface area contributed by atoms with Crippen LogP contribution in [-0.4, -0.2) is 72.7 Å². The molecule has 0 bridgehead atoms. The number of hydrogen-bond donors (Lipinski definition) is 2. The Morgan fingerprint density at radius 1 is 1.27 bits per heavy atom. The highest BCUT2D eigenvalue weighted by Crippen LogP contribution is 2.35. The van der Waals surface area contributed by atoms with E-state index in [0.717, 1.165) is 5.56 Å². The minimum absolute atomic E-state index is 0.00849. The van der Waals surface area contributed by atoms with E-state index in [2.05, 4.69) is 0 Å². The molecule has 3 rings (SSSR count). The number of likely N-dealkylation sites (tertiary alicyclic amines) is 1. The van der Waals surface area contributed by atoms with Crippen LogP contribution in [0.4, 0.5) is 0 Å². The second kappa shape index (κ2) is 7.82. The Kier molecular flexibility index (Phi) is 5.70. The lowest BCUT2D eigenvalue weighted by atomic mass is 9.80. The number of carbonyl (C=O) groups excluding carboxylic acids is 1. The molecule has 2 fully saturated rings. The average Bonchev–Trinajstić information content (AvgIpc) is 2.67. The molecule has 2 aliphatic rings. The molecule has 2 saturated heterocycles. The van der Waals surface area contributed by atoms with E-state index in [4.69, 9.17) is 14.2 Å². The van der Waals surface area contributed by atoms with E-state index in [1.54, 1.807) is 25.2 Å². The smallest absolute Gasteiger partial charge is 0.227 e. The molecule has 2 atom stereocenters. The fraction of sp³-hybridized carbons (Fsp3) is 0.632. The van der Waals surface area contributed by atoms with Gasteiger partial charge in [-0.2, -0.15) is 0 Å². The highest BCUT2D eigenvalue weighted by atomic mass is 16.5. The quantitative estimate of drug-likeness (QED) is 0.819. The Morgan fingerprint density at radius 2 is 2.00 bits per heavy atom. The molecular weight excluding hydrogens is 338 g/mol. The fourth-order valence-electron chi connectivity index (χ4n) is 3.82. The molecule has 0 radical (unpaired) electrons. The number of carbonyl (C=O) groups is 1. The van der Waals surface area contributed by atoms with Gasteiger partial charge in [0, 0.05) is 24.7 Å². The maximum atomic E-state index is 12.7. The monoisotopic (exact) mass is 365 g/mol. The van der Waals surface area contributed by atoms with Crippen molar-refractivity contribution in [2.24, 2.45) is 0 Å². The maximum absolute atomic E-state index is 12.7. The van der Waals surface area contributed by atoms with Crippen molar-refractivity contribution in [1.82, 2.24) is 4.90 Å². The molecule has 144 valence electrons. The van der Waals surface area contributed by atoms with E-state index < -0.39 is 17.8 Å². The topological polar surface area (TPSA) is 88.5 Å². The van der Waals surface area contributed by atoms with Crippen LogP contribution < -0.4 is 9.47 Å². The number of hydrogen-bond acceptors (Lipinski definition) is 6. The van der Waals surface area contributed by atoms with Crippen molar-refractivity contribution >= 4 is 5.91 Å². The first kappa shape index (κ1) is 18.9. The summed E-state index contributed by atoms with van der Waals surface area (Å²) >= 11 is 0. The summed E-state index contributed by atoms with van der Waals surface area (Å²) in [5, 5.41) is 20.3. The Balaban J connectivity index is 1.62. The van der Waals surface area contributed by atoms with Gasteiger partial charge in [0.1, 0.15) is 17.6 Å². The highest BCUT2D eigenvalue weighted by molar-refractivity contribution is 5.79. The third-order valence-electron chi connectivity index (χ3n) is 5.51. The predicted octanol–water partition coefficient (Wildman–Crippen LogP) is 0.750. The van der Waals surface area contributed by atoms with Gasteiger partial charge >= 0.3 is 0 Å². The third kappa shape index (κ3) is 3.65. The van der Waals surface area contributed by atoms with Crippen LogP contribution in [0.1, 0.15) is 24.8 Å². The molecule has 2 N–H and O–H groups in total. The first-order valence-corrected chi connectivity index (χ1v) is 8.98. The van der Waals surface area contributed by atoms with Gasteiger partial charge in [-0.1, -0.05) is 6.07 Å². The fourth-order valence-corrected chi connectivity index (χ4v) is 3.82. The maximum Gasteiger partial charge on any atom is 0.227 e. The van der Waals surface area contributed by atoms with E-state index in [9.17, 15) is 15.0 Å². The summed E-state index contributed by atoms with van der Waals surface area (Å²) in [6, 6.07) is 5.41. The molecule has 7 nitrogen and oxygen atoms in total. The largest absolute Gasteiger partial charge is 0.497 e. The second-order valence-corrected chi connectivity index (χ2v) is 6.95. The van der Waals surface area contributed by atoms with Gasteiger partial charge in [0.15, 0.2) is 0 Å².